The SMILES string of the molecule is CCC(NCCCOCCOC)c1ccc2c(c1)CCO2. The van der Waals surface area contributed by atoms with E-state index in [4.69, 9.17) is 14.2 Å². The first kappa shape index (κ1) is 16.3. The molecule has 1 heterocycles. The molecule has 1 atom stereocenters. The third kappa shape index (κ3) is 4.99. The summed E-state index contributed by atoms with van der Waals surface area (Å²) in [7, 11) is 1.69. The monoisotopic (exact) mass is 293 g/mol. The molecule has 21 heavy (non-hydrogen) atoms. The largest absolute Gasteiger partial charge is 0.493 e. The molecule has 1 aromatic carbocycles. The number of ether oxygens (including phenoxy) is 3. The van der Waals surface area contributed by atoms with Crippen LogP contribution in [0.3, 0.4) is 0 Å². The van der Waals surface area contributed by atoms with Crippen molar-refractivity contribution >= 4 is 0 Å². The van der Waals surface area contributed by atoms with Crippen LogP contribution in [0.4, 0.5) is 0 Å². The number of nitrogens with one attached hydrogen (secondary N) is 1. The lowest BCUT2D eigenvalue weighted by Crippen LogP contribution is -2.23. The second-order valence-corrected chi connectivity index (χ2v) is 5.34. The standard InChI is InChI=1S/C17H27NO3/c1-3-16(18-8-4-9-20-12-11-19-2)14-5-6-17-15(13-14)7-10-21-17/h5-6,13,16,18H,3-4,7-12H2,1-2H3. The smallest absolute Gasteiger partial charge is 0.122 e. The fourth-order valence-corrected chi connectivity index (χ4v) is 2.62. The second kappa shape index (κ2) is 9.03. The fraction of sp³-hybridized carbons (Fsp3) is 0.647. The number of hydrogen-bond acceptors (Lipinski definition) is 4. The number of fused-ring (bicyclic) bond motifs is 1. The van der Waals surface area contributed by atoms with Crippen LogP contribution >= 0.6 is 0 Å². The first-order valence-corrected chi connectivity index (χ1v) is 7.90. The Hall–Kier alpha value is -1.10. The molecule has 0 aromatic heterocycles. The van der Waals surface area contributed by atoms with Crippen LogP contribution in [0.15, 0.2) is 18.2 Å². The van der Waals surface area contributed by atoms with Crippen molar-refractivity contribution in [2.24, 2.45) is 0 Å². The maximum Gasteiger partial charge on any atom is 0.122 e. The van der Waals surface area contributed by atoms with E-state index in [1.165, 1.54) is 11.1 Å². The molecule has 2 rings (SSSR count). The van der Waals surface area contributed by atoms with Gasteiger partial charge in [-0.2, -0.15) is 0 Å². The normalized spacial score (nSPS) is 14.8. The van der Waals surface area contributed by atoms with Gasteiger partial charge in [-0.1, -0.05) is 19.1 Å². The molecular weight excluding hydrogens is 266 g/mol. The third-order valence-corrected chi connectivity index (χ3v) is 3.81. The molecule has 0 saturated heterocycles. The summed E-state index contributed by atoms with van der Waals surface area (Å²) in [6.45, 7) is 6.14. The van der Waals surface area contributed by atoms with Crippen molar-refractivity contribution in [3.05, 3.63) is 29.3 Å². The van der Waals surface area contributed by atoms with E-state index in [1.54, 1.807) is 7.11 Å². The Morgan fingerprint density at radius 1 is 1.29 bits per heavy atom. The van der Waals surface area contributed by atoms with Crippen LogP contribution in [0, 0.1) is 0 Å². The minimum Gasteiger partial charge on any atom is -0.493 e. The van der Waals surface area contributed by atoms with Crippen molar-refractivity contribution in [1.82, 2.24) is 5.32 Å². The van der Waals surface area contributed by atoms with Crippen molar-refractivity contribution in [2.45, 2.75) is 32.2 Å². The van der Waals surface area contributed by atoms with Gasteiger partial charge in [0.15, 0.2) is 0 Å². The van der Waals surface area contributed by atoms with Gasteiger partial charge in [-0.25, -0.2) is 0 Å². The number of hydrogen-bond donors (Lipinski definition) is 1. The van der Waals surface area contributed by atoms with Crippen LogP contribution in [-0.2, 0) is 15.9 Å². The summed E-state index contributed by atoms with van der Waals surface area (Å²) in [5.41, 5.74) is 2.71. The molecular formula is C17H27NO3. The van der Waals surface area contributed by atoms with Gasteiger partial charge in [-0.3, -0.25) is 0 Å². The van der Waals surface area contributed by atoms with Crippen LogP contribution in [0.2, 0.25) is 0 Å². The quantitative estimate of drug-likeness (QED) is 0.673. The van der Waals surface area contributed by atoms with Gasteiger partial charge in [0.1, 0.15) is 5.75 Å². The Balaban J connectivity index is 1.73. The average Bonchev–Trinajstić information content (AvgIpc) is 2.97. The van der Waals surface area contributed by atoms with Crippen LogP contribution in [-0.4, -0.2) is 40.1 Å². The average molecular weight is 293 g/mol. The Labute approximate surface area is 127 Å². The summed E-state index contributed by atoms with van der Waals surface area (Å²) in [5.74, 6) is 1.06. The molecule has 0 radical (unpaired) electrons. The van der Waals surface area contributed by atoms with Gasteiger partial charge in [0.25, 0.3) is 0 Å². The maximum atomic E-state index is 5.56. The van der Waals surface area contributed by atoms with Crippen molar-refractivity contribution in [3.8, 4) is 5.75 Å². The summed E-state index contributed by atoms with van der Waals surface area (Å²) in [4.78, 5) is 0. The topological polar surface area (TPSA) is 39.7 Å². The lowest BCUT2D eigenvalue weighted by atomic mass is 10.0. The van der Waals surface area contributed by atoms with Crippen LogP contribution < -0.4 is 10.1 Å². The van der Waals surface area contributed by atoms with Crippen LogP contribution in [0.5, 0.6) is 5.75 Å². The molecule has 4 heteroatoms. The molecule has 4 nitrogen and oxygen atoms in total. The van der Waals surface area contributed by atoms with Gasteiger partial charge >= 0.3 is 0 Å². The molecule has 0 fully saturated rings. The molecule has 118 valence electrons. The van der Waals surface area contributed by atoms with E-state index < -0.39 is 0 Å². The molecule has 0 amide bonds. The van der Waals surface area contributed by atoms with E-state index in [1.807, 2.05) is 0 Å². The highest BCUT2D eigenvalue weighted by molar-refractivity contribution is 5.40. The predicted octanol–water partition coefficient (Wildman–Crippen LogP) is 2.72. The summed E-state index contributed by atoms with van der Waals surface area (Å²) in [5, 5.41) is 3.62. The van der Waals surface area contributed by atoms with E-state index >= 15 is 0 Å². The molecule has 0 bridgehead atoms. The predicted molar refractivity (Wildman–Crippen MR) is 84.0 cm³/mol. The lowest BCUT2D eigenvalue weighted by molar-refractivity contribution is 0.0692. The minimum absolute atomic E-state index is 0.412. The lowest BCUT2D eigenvalue weighted by Gasteiger charge is -2.18. The molecule has 1 aromatic rings. The Morgan fingerprint density at radius 3 is 3.00 bits per heavy atom. The van der Waals surface area contributed by atoms with E-state index in [0.717, 1.165) is 44.8 Å². The summed E-state index contributed by atoms with van der Waals surface area (Å²) >= 11 is 0. The highest BCUT2D eigenvalue weighted by Gasteiger charge is 2.15. The summed E-state index contributed by atoms with van der Waals surface area (Å²) in [6.07, 6.45) is 3.14. The highest BCUT2D eigenvalue weighted by Crippen LogP contribution is 2.29. The molecule has 1 aliphatic rings. The van der Waals surface area contributed by atoms with Crippen LogP contribution in [0.1, 0.15) is 36.9 Å². The van der Waals surface area contributed by atoms with Crippen molar-refractivity contribution in [3.63, 3.8) is 0 Å². The zero-order valence-corrected chi connectivity index (χ0v) is 13.2. The van der Waals surface area contributed by atoms with E-state index in [2.05, 4.69) is 30.4 Å². The first-order chi connectivity index (χ1) is 10.3. The second-order valence-electron chi connectivity index (χ2n) is 5.34. The Morgan fingerprint density at radius 2 is 2.19 bits per heavy atom. The van der Waals surface area contributed by atoms with Crippen molar-refractivity contribution < 1.29 is 14.2 Å². The number of methoxy groups -OCH3 is 1. The van der Waals surface area contributed by atoms with Gasteiger partial charge in [-0.05, 0) is 36.6 Å². The number of rotatable bonds is 10. The highest BCUT2D eigenvalue weighted by atomic mass is 16.5. The third-order valence-electron chi connectivity index (χ3n) is 3.81. The van der Waals surface area contributed by atoms with Gasteiger partial charge in [0, 0.05) is 26.2 Å². The Kier molecular flexibility index (Phi) is 7.00. The van der Waals surface area contributed by atoms with E-state index in [-0.39, 0.29) is 0 Å². The zero-order chi connectivity index (χ0) is 14.9. The molecule has 1 unspecified atom stereocenters. The van der Waals surface area contributed by atoms with Crippen molar-refractivity contribution in [2.75, 3.05) is 40.1 Å². The molecule has 1 aliphatic heterocycles. The minimum atomic E-state index is 0.412. The molecule has 0 saturated carbocycles. The Bertz CT molecular complexity index is 422. The maximum absolute atomic E-state index is 5.56. The van der Waals surface area contributed by atoms with E-state index in [0.29, 0.717) is 19.3 Å². The molecule has 0 aliphatic carbocycles. The van der Waals surface area contributed by atoms with Gasteiger partial charge in [0.05, 0.1) is 19.8 Å². The zero-order valence-electron chi connectivity index (χ0n) is 13.2. The number of benzene rings is 1. The van der Waals surface area contributed by atoms with Gasteiger partial charge in [0.2, 0.25) is 0 Å². The van der Waals surface area contributed by atoms with Gasteiger partial charge in [-0.15, -0.1) is 0 Å². The van der Waals surface area contributed by atoms with Crippen molar-refractivity contribution in [1.29, 1.82) is 0 Å². The summed E-state index contributed by atoms with van der Waals surface area (Å²) in [6, 6.07) is 6.99. The molecule has 1 N–H and O–H groups in total. The molecule has 0 spiro atoms. The van der Waals surface area contributed by atoms with Crippen LogP contribution in [0.25, 0.3) is 0 Å². The van der Waals surface area contributed by atoms with Gasteiger partial charge < -0.3 is 19.5 Å². The fourth-order valence-electron chi connectivity index (χ4n) is 2.62. The first-order valence-electron chi connectivity index (χ1n) is 7.90. The summed E-state index contributed by atoms with van der Waals surface area (Å²) < 4.78 is 16.0. The van der Waals surface area contributed by atoms with E-state index in [9.17, 15) is 0 Å².